The SMILES string of the molecule is CC1(C)OB(/C=C/c2ccnc([C@@H](N)CO)c2)OC1(C)C. The zero-order valence-electron chi connectivity index (χ0n) is 13.0. The Kier molecular flexibility index (Phi) is 4.53. The van der Waals surface area contributed by atoms with E-state index in [0.717, 1.165) is 5.56 Å². The van der Waals surface area contributed by atoms with E-state index in [9.17, 15) is 0 Å². The first-order valence-electron chi connectivity index (χ1n) is 7.11. The molecule has 0 bridgehead atoms. The van der Waals surface area contributed by atoms with Crippen LogP contribution in [0.15, 0.2) is 24.3 Å². The van der Waals surface area contributed by atoms with Gasteiger partial charge in [-0.05, 0) is 45.4 Å². The molecule has 0 radical (unpaired) electrons. The maximum atomic E-state index is 9.07. The van der Waals surface area contributed by atoms with Gasteiger partial charge in [-0.3, -0.25) is 4.98 Å². The predicted molar refractivity (Wildman–Crippen MR) is 83.4 cm³/mol. The predicted octanol–water partition coefficient (Wildman–Crippen LogP) is 1.72. The van der Waals surface area contributed by atoms with Crippen LogP contribution in [0, 0.1) is 0 Å². The molecule has 0 unspecified atom stereocenters. The molecular weight excluding hydrogens is 267 g/mol. The van der Waals surface area contributed by atoms with Crippen LogP contribution < -0.4 is 5.73 Å². The fourth-order valence-electron chi connectivity index (χ4n) is 2.02. The number of nitrogens with zero attached hydrogens (tertiary/aromatic N) is 1. The molecule has 0 amide bonds. The Morgan fingerprint density at radius 1 is 1.33 bits per heavy atom. The smallest absolute Gasteiger partial charge is 0.400 e. The van der Waals surface area contributed by atoms with Crippen molar-refractivity contribution in [2.75, 3.05) is 6.61 Å². The Bertz CT molecular complexity index is 515. The summed E-state index contributed by atoms with van der Waals surface area (Å²) in [5, 5.41) is 9.07. The zero-order chi connectivity index (χ0) is 15.7. The van der Waals surface area contributed by atoms with E-state index >= 15 is 0 Å². The monoisotopic (exact) mass is 290 g/mol. The van der Waals surface area contributed by atoms with Gasteiger partial charge >= 0.3 is 7.12 Å². The van der Waals surface area contributed by atoms with Gasteiger partial charge in [0.25, 0.3) is 0 Å². The van der Waals surface area contributed by atoms with E-state index in [1.54, 1.807) is 6.20 Å². The quantitative estimate of drug-likeness (QED) is 0.826. The van der Waals surface area contributed by atoms with Crippen LogP contribution in [0.4, 0.5) is 0 Å². The Morgan fingerprint density at radius 3 is 2.52 bits per heavy atom. The van der Waals surface area contributed by atoms with E-state index in [1.165, 1.54) is 0 Å². The van der Waals surface area contributed by atoms with Crippen LogP contribution in [0.2, 0.25) is 0 Å². The number of hydrogen-bond donors (Lipinski definition) is 2. The molecule has 0 aliphatic carbocycles. The van der Waals surface area contributed by atoms with Gasteiger partial charge in [-0.15, -0.1) is 0 Å². The van der Waals surface area contributed by atoms with E-state index in [0.29, 0.717) is 5.69 Å². The molecule has 1 aliphatic rings. The lowest BCUT2D eigenvalue weighted by molar-refractivity contribution is 0.00578. The summed E-state index contributed by atoms with van der Waals surface area (Å²) in [4.78, 5) is 4.15. The molecule has 114 valence electrons. The Morgan fingerprint density at radius 2 is 1.95 bits per heavy atom. The molecule has 2 heterocycles. The van der Waals surface area contributed by atoms with E-state index in [2.05, 4.69) is 4.98 Å². The molecule has 5 nitrogen and oxygen atoms in total. The van der Waals surface area contributed by atoms with Crippen molar-refractivity contribution in [1.82, 2.24) is 4.98 Å². The standard InChI is InChI=1S/C15H23BN2O3/c1-14(2)15(3,4)21-16(20-14)7-5-11-6-8-18-13(9-11)12(17)10-19/h5-9,12,19H,10,17H2,1-4H3/b7-5+/t12-/m0/s1. The van der Waals surface area contributed by atoms with E-state index in [1.807, 2.05) is 51.9 Å². The number of aromatic nitrogens is 1. The molecule has 0 aromatic carbocycles. The third-order valence-electron chi connectivity index (χ3n) is 4.10. The van der Waals surface area contributed by atoms with Crippen molar-refractivity contribution in [3.8, 4) is 0 Å². The highest BCUT2D eigenvalue weighted by Gasteiger charge is 2.49. The van der Waals surface area contributed by atoms with Crippen LogP contribution in [-0.2, 0) is 9.31 Å². The van der Waals surface area contributed by atoms with Crippen LogP contribution in [0.5, 0.6) is 0 Å². The summed E-state index contributed by atoms with van der Waals surface area (Å²) in [6.45, 7) is 7.95. The number of nitrogens with two attached hydrogens (primary N) is 1. The number of hydrogen-bond acceptors (Lipinski definition) is 5. The van der Waals surface area contributed by atoms with Crippen LogP contribution in [0.25, 0.3) is 6.08 Å². The molecule has 0 saturated carbocycles. The van der Waals surface area contributed by atoms with E-state index < -0.39 is 6.04 Å². The first kappa shape index (κ1) is 16.2. The Labute approximate surface area is 126 Å². The second-order valence-electron chi connectivity index (χ2n) is 6.29. The lowest BCUT2D eigenvalue weighted by Gasteiger charge is -2.32. The maximum Gasteiger partial charge on any atom is 0.487 e. The highest BCUT2D eigenvalue weighted by atomic mass is 16.7. The maximum absolute atomic E-state index is 9.07. The average molecular weight is 290 g/mol. The Balaban J connectivity index is 2.09. The van der Waals surface area contributed by atoms with Crippen molar-refractivity contribution in [3.63, 3.8) is 0 Å². The second kappa shape index (κ2) is 5.89. The molecular formula is C15H23BN2O3. The first-order valence-corrected chi connectivity index (χ1v) is 7.11. The molecule has 21 heavy (non-hydrogen) atoms. The number of aliphatic hydroxyl groups excluding tert-OH is 1. The van der Waals surface area contributed by atoms with E-state index in [-0.39, 0.29) is 24.9 Å². The van der Waals surface area contributed by atoms with E-state index in [4.69, 9.17) is 20.1 Å². The molecule has 3 N–H and O–H groups in total. The molecule has 1 fully saturated rings. The van der Waals surface area contributed by atoms with Gasteiger partial charge < -0.3 is 20.1 Å². The molecule has 6 heteroatoms. The van der Waals surface area contributed by atoms with Gasteiger partial charge in [0, 0.05) is 6.20 Å². The van der Waals surface area contributed by atoms with Crippen LogP contribution in [0.1, 0.15) is 45.0 Å². The largest absolute Gasteiger partial charge is 0.487 e. The van der Waals surface area contributed by atoms with Gasteiger partial charge in [0.15, 0.2) is 0 Å². The minimum absolute atomic E-state index is 0.128. The van der Waals surface area contributed by atoms with Crippen LogP contribution >= 0.6 is 0 Å². The molecule has 1 aromatic heterocycles. The Hall–Kier alpha value is -1.21. The number of aliphatic hydroxyl groups is 1. The molecule has 2 rings (SSSR count). The van der Waals surface area contributed by atoms with Crippen molar-refractivity contribution in [1.29, 1.82) is 0 Å². The van der Waals surface area contributed by atoms with Gasteiger partial charge in [-0.25, -0.2) is 0 Å². The van der Waals surface area contributed by atoms with Gasteiger partial charge in [-0.1, -0.05) is 12.1 Å². The van der Waals surface area contributed by atoms with Gasteiger partial charge in [0.05, 0.1) is 29.5 Å². The third kappa shape index (κ3) is 3.52. The summed E-state index contributed by atoms with van der Waals surface area (Å²) in [6.07, 6.45) is 3.59. The molecule has 0 spiro atoms. The average Bonchev–Trinajstić information content (AvgIpc) is 2.64. The molecule has 1 atom stereocenters. The van der Waals surface area contributed by atoms with Crippen molar-refractivity contribution in [3.05, 3.63) is 35.6 Å². The molecule has 1 aliphatic heterocycles. The summed E-state index contributed by atoms with van der Waals surface area (Å²) in [5.74, 6) is 1.88. The number of rotatable bonds is 4. The van der Waals surface area contributed by atoms with Crippen LogP contribution in [0.3, 0.4) is 0 Å². The van der Waals surface area contributed by atoms with Crippen molar-refractivity contribution in [2.45, 2.75) is 44.9 Å². The molecule has 1 saturated heterocycles. The van der Waals surface area contributed by atoms with Gasteiger partial charge in [0.1, 0.15) is 0 Å². The number of pyridine rings is 1. The zero-order valence-corrected chi connectivity index (χ0v) is 13.0. The highest BCUT2D eigenvalue weighted by molar-refractivity contribution is 6.52. The summed E-state index contributed by atoms with van der Waals surface area (Å²) in [6, 6.07) is 3.26. The lowest BCUT2D eigenvalue weighted by atomic mass is 9.89. The van der Waals surface area contributed by atoms with Gasteiger partial charge in [0.2, 0.25) is 0 Å². The minimum Gasteiger partial charge on any atom is -0.400 e. The fraction of sp³-hybridized carbons (Fsp3) is 0.533. The normalized spacial score (nSPS) is 21.9. The fourth-order valence-corrected chi connectivity index (χ4v) is 2.02. The first-order chi connectivity index (χ1) is 9.75. The molecule has 1 aromatic rings. The minimum atomic E-state index is -0.463. The second-order valence-corrected chi connectivity index (χ2v) is 6.29. The van der Waals surface area contributed by atoms with Crippen molar-refractivity contribution < 1.29 is 14.4 Å². The van der Waals surface area contributed by atoms with Crippen LogP contribution in [-0.4, -0.2) is 35.0 Å². The lowest BCUT2D eigenvalue weighted by Crippen LogP contribution is -2.41. The summed E-state index contributed by atoms with van der Waals surface area (Å²) >= 11 is 0. The third-order valence-corrected chi connectivity index (χ3v) is 4.10. The summed E-state index contributed by atoms with van der Waals surface area (Å²) < 4.78 is 11.8. The van der Waals surface area contributed by atoms with Gasteiger partial charge in [-0.2, -0.15) is 0 Å². The summed E-state index contributed by atoms with van der Waals surface area (Å²) in [5.41, 5.74) is 6.69. The topological polar surface area (TPSA) is 77.6 Å². The highest BCUT2D eigenvalue weighted by Crippen LogP contribution is 2.37. The summed E-state index contributed by atoms with van der Waals surface area (Å²) in [7, 11) is -0.377. The van der Waals surface area contributed by atoms with Crippen molar-refractivity contribution >= 4 is 13.2 Å². The van der Waals surface area contributed by atoms with Crippen molar-refractivity contribution in [2.24, 2.45) is 5.73 Å².